The SMILES string of the molecule is O=c1c(C2CC2)cnc2ccc(F)cn12. The minimum atomic E-state index is -0.417. The summed E-state index contributed by atoms with van der Waals surface area (Å²) in [6, 6.07) is 2.81. The minimum absolute atomic E-state index is 0.137. The zero-order valence-electron chi connectivity index (χ0n) is 7.98. The fourth-order valence-electron chi connectivity index (χ4n) is 1.74. The standard InChI is InChI=1S/C11H9FN2O/c12-8-3-4-10-13-5-9(7-1-2-7)11(15)14(10)6-8/h3-7H,1-2H2. The maximum atomic E-state index is 13.0. The number of nitrogens with zero attached hydrogens (tertiary/aromatic N) is 2. The Morgan fingerprint density at radius 3 is 2.93 bits per heavy atom. The highest BCUT2D eigenvalue weighted by molar-refractivity contribution is 5.39. The van der Waals surface area contributed by atoms with Gasteiger partial charge < -0.3 is 0 Å². The van der Waals surface area contributed by atoms with Gasteiger partial charge in [0.1, 0.15) is 11.5 Å². The first-order chi connectivity index (χ1) is 7.25. The van der Waals surface area contributed by atoms with Crippen LogP contribution in [-0.4, -0.2) is 9.38 Å². The summed E-state index contributed by atoms with van der Waals surface area (Å²) >= 11 is 0. The molecule has 3 rings (SSSR count). The lowest BCUT2D eigenvalue weighted by atomic mass is 10.2. The molecule has 1 fully saturated rings. The van der Waals surface area contributed by atoms with Gasteiger partial charge in [0, 0.05) is 18.0 Å². The first-order valence-electron chi connectivity index (χ1n) is 4.92. The Kier molecular flexibility index (Phi) is 1.65. The number of rotatable bonds is 1. The first kappa shape index (κ1) is 8.59. The van der Waals surface area contributed by atoms with Crippen LogP contribution in [0.25, 0.3) is 5.65 Å². The lowest BCUT2D eigenvalue weighted by Gasteiger charge is -2.02. The number of fused-ring (bicyclic) bond motifs is 1. The average Bonchev–Trinajstić information content (AvgIpc) is 3.03. The molecule has 3 nitrogen and oxygen atoms in total. The summed E-state index contributed by atoms with van der Waals surface area (Å²) in [6.07, 6.45) is 4.89. The van der Waals surface area contributed by atoms with Gasteiger partial charge in [0.25, 0.3) is 5.56 Å². The van der Waals surface area contributed by atoms with Crippen LogP contribution in [0, 0.1) is 5.82 Å². The van der Waals surface area contributed by atoms with Crippen LogP contribution in [0.1, 0.15) is 24.3 Å². The van der Waals surface area contributed by atoms with Crippen LogP contribution in [0.2, 0.25) is 0 Å². The molecule has 2 aromatic rings. The number of aromatic nitrogens is 2. The molecular formula is C11H9FN2O. The zero-order chi connectivity index (χ0) is 10.4. The Bertz CT molecular complexity index is 587. The van der Waals surface area contributed by atoms with Crippen LogP contribution < -0.4 is 5.56 Å². The van der Waals surface area contributed by atoms with E-state index in [0.717, 1.165) is 12.8 Å². The molecule has 1 aliphatic carbocycles. The number of hydrogen-bond acceptors (Lipinski definition) is 2. The molecule has 1 aliphatic rings. The summed E-state index contributed by atoms with van der Waals surface area (Å²) < 4.78 is 14.3. The van der Waals surface area contributed by atoms with Crippen LogP contribution in [-0.2, 0) is 0 Å². The Balaban J connectivity index is 2.35. The molecule has 2 aromatic heterocycles. The smallest absolute Gasteiger partial charge is 0.261 e. The molecule has 0 saturated heterocycles. The highest BCUT2D eigenvalue weighted by Crippen LogP contribution is 2.37. The third-order valence-electron chi connectivity index (χ3n) is 2.71. The fraction of sp³-hybridized carbons (Fsp3) is 0.273. The van der Waals surface area contributed by atoms with Crippen LogP contribution in [0.5, 0.6) is 0 Å². The van der Waals surface area contributed by atoms with E-state index in [4.69, 9.17) is 0 Å². The van der Waals surface area contributed by atoms with E-state index in [-0.39, 0.29) is 5.56 Å². The number of halogens is 1. The van der Waals surface area contributed by atoms with Gasteiger partial charge in [-0.1, -0.05) is 0 Å². The lowest BCUT2D eigenvalue weighted by molar-refractivity contribution is 0.617. The highest BCUT2D eigenvalue weighted by atomic mass is 19.1. The quantitative estimate of drug-likeness (QED) is 0.708. The van der Waals surface area contributed by atoms with Gasteiger partial charge in [0.2, 0.25) is 0 Å². The van der Waals surface area contributed by atoms with Gasteiger partial charge in [-0.05, 0) is 30.9 Å². The number of hydrogen-bond donors (Lipinski definition) is 0. The van der Waals surface area contributed by atoms with E-state index in [0.29, 0.717) is 17.1 Å². The third kappa shape index (κ3) is 1.33. The topological polar surface area (TPSA) is 34.4 Å². The summed E-state index contributed by atoms with van der Waals surface area (Å²) in [5, 5.41) is 0. The van der Waals surface area contributed by atoms with Crippen molar-refractivity contribution in [1.82, 2.24) is 9.38 Å². The number of pyridine rings is 1. The summed E-state index contributed by atoms with van der Waals surface area (Å²) in [6.45, 7) is 0. The molecule has 76 valence electrons. The van der Waals surface area contributed by atoms with Crippen molar-refractivity contribution in [1.29, 1.82) is 0 Å². The van der Waals surface area contributed by atoms with Crippen molar-refractivity contribution in [3.63, 3.8) is 0 Å². The van der Waals surface area contributed by atoms with Crippen molar-refractivity contribution in [2.75, 3.05) is 0 Å². The van der Waals surface area contributed by atoms with E-state index in [1.165, 1.54) is 22.7 Å². The molecule has 0 atom stereocenters. The highest BCUT2D eigenvalue weighted by Gasteiger charge is 2.27. The first-order valence-corrected chi connectivity index (χ1v) is 4.92. The van der Waals surface area contributed by atoms with Gasteiger partial charge >= 0.3 is 0 Å². The molecule has 2 heterocycles. The van der Waals surface area contributed by atoms with E-state index in [2.05, 4.69) is 4.98 Å². The van der Waals surface area contributed by atoms with E-state index >= 15 is 0 Å². The molecule has 0 radical (unpaired) electrons. The van der Waals surface area contributed by atoms with Gasteiger partial charge in [-0.3, -0.25) is 9.20 Å². The molecule has 0 spiro atoms. The second-order valence-corrected chi connectivity index (χ2v) is 3.87. The molecule has 1 saturated carbocycles. The van der Waals surface area contributed by atoms with Gasteiger partial charge in [0.15, 0.2) is 0 Å². The van der Waals surface area contributed by atoms with Gasteiger partial charge in [-0.15, -0.1) is 0 Å². The predicted octanol–water partition coefficient (Wildman–Crippen LogP) is 1.71. The normalized spacial score (nSPS) is 15.8. The van der Waals surface area contributed by atoms with Crippen molar-refractivity contribution in [3.05, 3.63) is 46.3 Å². The fourth-order valence-corrected chi connectivity index (χ4v) is 1.74. The van der Waals surface area contributed by atoms with Crippen molar-refractivity contribution in [2.24, 2.45) is 0 Å². The predicted molar refractivity (Wildman–Crippen MR) is 53.4 cm³/mol. The lowest BCUT2D eigenvalue weighted by Crippen LogP contribution is -2.18. The molecule has 0 N–H and O–H groups in total. The monoisotopic (exact) mass is 204 g/mol. The molecule has 15 heavy (non-hydrogen) atoms. The summed E-state index contributed by atoms with van der Waals surface area (Å²) in [5.74, 6) is -0.0792. The van der Waals surface area contributed by atoms with E-state index in [1.54, 1.807) is 6.20 Å². The van der Waals surface area contributed by atoms with E-state index in [1.807, 2.05) is 0 Å². The summed E-state index contributed by atoms with van der Waals surface area (Å²) in [4.78, 5) is 16.1. The average molecular weight is 204 g/mol. The van der Waals surface area contributed by atoms with Crippen LogP contribution in [0.3, 0.4) is 0 Å². The van der Waals surface area contributed by atoms with Crippen LogP contribution in [0.4, 0.5) is 4.39 Å². The Labute approximate surface area is 85.2 Å². The molecule has 0 amide bonds. The van der Waals surface area contributed by atoms with Crippen molar-refractivity contribution < 1.29 is 4.39 Å². The molecular weight excluding hydrogens is 195 g/mol. The molecule has 0 bridgehead atoms. The van der Waals surface area contributed by atoms with E-state index < -0.39 is 5.82 Å². The van der Waals surface area contributed by atoms with E-state index in [9.17, 15) is 9.18 Å². The summed E-state index contributed by atoms with van der Waals surface area (Å²) in [7, 11) is 0. The maximum absolute atomic E-state index is 13.0. The summed E-state index contributed by atoms with van der Waals surface area (Å²) in [5.41, 5.74) is 1.06. The Hall–Kier alpha value is -1.71. The van der Waals surface area contributed by atoms with Gasteiger partial charge in [-0.25, -0.2) is 9.37 Å². The zero-order valence-corrected chi connectivity index (χ0v) is 7.98. The van der Waals surface area contributed by atoms with Gasteiger partial charge in [-0.2, -0.15) is 0 Å². The molecule has 0 aromatic carbocycles. The maximum Gasteiger partial charge on any atom is 0.261 e. The molecule has 0 aliphatic heterocycles. The van der Waals surface area contributed by atoms with Crippen molar-refractivity contribution >= 4 is 5.65 Å². The van der Waals surface area contributed by atoms with Crippen LogP contribution in [0.15, 0.2) is 29.3 Å². The largest absolute Gasteiger partial charge is 0.269 e. The Morgan fingerprint density at radius 2 is 2.20 bits per heavy atom. The molecule has 4 heteroatoms. The minimum Gasteiger partial charge on any atom is -0.269 e. The van der Waals surface area contributed by atoms with Crippen LogP contribution >= 0.6 is 0 Å². The molecule has 0 unspecified atom stereocenters. The second kappa shape index (κ2) is 2.89. The second-order valence-electron chi connectivity index (χ2n) is 3.87. The Morgan fingerprint density at radius 1 is 1.40 bits per heavy atom. The van der Waals surface area contributed by atoms with Crippen molar-refractivity contribution in [2.45, 2.75) is 18.8 Å². The van der Waals surface area contributed by atoms with Crippen molar-refractivity contribution in [3.8, 4) is 0 Å². The van der Waals surface area contributed by atoms with Gasteiger partial charge in [0.05, 0.1) is 0 Å². The third-order valence-corrected chi connectivity index (χ3v) is 2.71.